The van der Waals surface area contributed by atoms with E-state index >= 15 is 0 Å². The van der Waals surface area contributed by atoms with E-state index in [-0.39, 0.29) is 12.6 Å². The molecule has 0 aromatic carbocycles. The lowest BCUT2D eigenvalue weighted by Crippen LogP contribution is -2.38. The van der Waals surface area contributed by atoms with E-state index < -0.39 is 12.8 Å². The third kappa shape index (κ3) is 7.39. The van der Waals surface area contributed by atoms with Crippen LogP contribution in [0.1, 0.15) is 26.1 Å². The number of nitrogens with one attached hydrogen (secondary N) is 1. The summed E-state index contributed by atoms with van der Waals surface area (Å²) in [6.07, 6.45) is -1.99. The van der Waals surface area contributed by atoms with Crippen LogP contribution in [0.4, 0.5) is 13.2 Å². The van der Waals surface area contributed by atoms with Crippen LogP contribution in [0, 0.1) is 5.92 Å². The monoisotopic (exact) mass is 309 g/mol. The average molecular weight is 309 g/mol. The molecule has 1 rings (SSSR count). The number of ether oxygens (including phenoxy) is 1. The topological polar surface area (TPSA) is 78.0 Å². The fraction of sp³-hybridized carbons (Fsp3) is 0.833. The summed E-state index contributed by atoms with van der Waals surface area (Å²) in [7, 11) is 0. The molecule has 21 heavy (non-hydrogen) atoms. The zero-order chi connectivity index (χ0) is 15.9. The molecule has 3 N–H and O–H groups in total. The van der Waals surface area contributed by atoms with Gasteiger partial charge in [0.15, 0.2) is 0 Å². The van der Waals surface area contributed by atoms with Crippen molar-refractivity contribution in [2.24, 2.45) is 11.8 Å². The summed E-state index contributed by atoms with van der Waals surface area (Å²) in [5.74, 6) is 6.60. The van der Waals surface area contributed by atoms with Crippen LogP contribution in [-0.2, 0) is 17.7 Å². The van der Waals surface area contributed by atoms with Crippen LogP contribution in [0.15, 0.2) is 6.33 Å². The van der Waals surface area contributed by atoms with Crippen LogP contribution < -0.4 is 11.3 Å². The second-order valence-electron chi connectivity index (χ2n) is 5.28. The first-order valence-corrected chi connectivity index (χ1v) is 6.79. The molecule has 1 heterocycles. The van der Waals surface area contributed by atoms with E-state index in [0.717, 1.165) is 12.4 Å². The molecule has 0 radical (unpaired) electrons. The molecule has 0 aliphatic rings. The smallest absolute Gasteiger partial charge is 0.372 e. The summed E-state index contributed by atoms with van der Waals surface area (Å²) in [6.45, 7) is 3.60. The lowest BCUT2D eigenvalue weighted by atomic mass is 10.1. The zero-order valence-electron chi connectivity index (χ0n) is 12.2. The van der Waals surface area contributed by atoms with Gasteiger partial charge in [0, 0.05) is 25.6 Å². The van der Waals surface area contributed by atoms with E-state index in [9.17, 15) is 13.2 Å². The third-order valence-electron chi connectivity index (χ3n) is 2.77. The Morgan fingerprint density at radius 2 is 2.14 bits per heavy atom. The molecule has 1 unspecified atom stereocenters. The third-order valence-corrected chi connectivity index (χ3v) is 2.77. The number of nitrogens with zero attached hydrogens (tertiary/aromatic N) is 3. The Hall–Kier alpha value is -1.19. The van der Waals surface area contributed by atoms with Gasteiger partial charge in [-0.25, -0.2) is 9.67 Å². The Labute approximate surface area is 121 Å². The van der Waals surface area contributed by atoms with Gasteiger partial charge in [-0.2, -0.15) is 18.3 Å². The number of halogens is 3. The highest BCUT2D eigenvalue weighted by Gasteiger charge is 2.27. The first kappa shape index (κ1) is 17.9. The standard InChI is InChI=1S/C12H22F3N5O/c1-9(2)6-20-11(17-8-18-20)5-10(19-16)3-4-21-7-12(13,14)15/h8-10,19H,3-7,16H2,1-2H3. The second-order valence-corrected chi connectivity index (χ2v) is 5.28. The van der Waals surface area contributed by atoms with Crippen LogP contribution >= 0.6 is 0 Å². The van der Waals surface area contributed by atoms with Crippen molar-refractivity contribution in [2.45, 2.75) is 45.5 Å². The van der Waals surface area contributed by atoms with Gasteiger partial charge in [-0.15, -0.1) is 0 Å². The highest BCUT2D eigenvalue weighted by atomic mass is 19.4. The van der Waals surface area contributed by atoms with Gasteiger partial charge < -0.3 is 4.74 Å². The summed E-state index contributed by atoms with van der Waals surface area (Å²) in [4.78, 5) is 4.16. The van der Waals surface area contributed by atoms with Crippen LogP contribution in [0.25, 0.3) is 0 Å². The molecule has 6 nitrogen and oxygen atoms in total. The van der Waals surface area contributed by atoms with Gasteiger partial charge >= 0.3 is 6.18 Å². The number of nitrogens with two attached hydrogens (primary N) is 1. The maximum Gasteiger partial charge on any atom is 0.411 e. The molecule has 0 amide bonds. The molecular formula is C12H22F3N5O. The molecule has 0 spiro atoms. The van der Waals surface area contributed by atoms with Crippen molar-refractivity contribution in [2.75, 3.05) is 13.2 Å². The Balaban J connectivity index is 2.42. The number of hydrogen-bond donors (Lipinski definition) is 2. The SMILES string of the molecule is CC(C)Cn1ncnc1CC(CCOCC(F)(F)F)NN. The van der Waals surface area contributed by atoms with Crippen LogP contribution in [-0.4, -0.2) is 40.2 Å². The van der Waals surface area contributed by atoms with Gasteiger partial charge in [-0.05, 0) is 12.3 Å². The molecule has 1 aromatic rings. The molecule has 1 atom stereocenters. The molecule has 0 saturated heterocycles. The van der Waals surface area contributed by atoms with E-state index in [4.69, 9.17) is 5.84 Å². The maximum atomic E-state index is 12.0. The van der Waals surface area contributed by atoms with Gasteiger partial charge in [-0.1, -0.05) is 13.8 Å². The quantitative estimate of drug-likeness (QED) is 0.408. The molecule has 0 aliphatic heterocycles. The zero-order valence-corrected chi connectivity index (χ0v) is 12.2. The van der Waals surface area contributed by atoms with Crippen LogP contribution in [0.3, 0.4) is 0 Å². The molecule has 1 aromatic heterocycles. The number of hydrazine groups is 1. The van der Waals surface area contributed by atoms with Crippen molar-refractivity contribution in [1.82, 2.24) is 20.2 Å². The van der Waals surface area contributed by atoms with Crippen molar-refractivity contribution in [3.63, 3.8) is 0 Å². The predicted molar refractivity (Wildman–Crippen MR) is 71.2 cm³/mol. The summed E-state index contributed by atoms with van der Waals surface area (Å²) in [5.41, 5.74) is 2.58. The Kier molecular flexibility index (Phi) is 7.06. The highest BCUT2D eigenvalue weighted by molar-refractivity contribution is 4.89. The first-order valence-electron chi connectivity index (χ1n) is 6.79. The lowest BCUT2D eigenvalue weighted by Gasteiger charge is -2.17. The van der Waals surface area contributed by atoms with Gasteiger partial charge in [0.2, 0.25) is 0 Å². The first-order chi connectivity index (χ1) is 9.81. The van der Waals surface area contributed by atoms with Crippen molar-refractivity contribution in [3.05, 3.63) is 12.2 Å². The van der Waals surface area contributed by atoms with Crippen LogP contribution in [0.5, 0.6) is 0 Å². The Morgan fingerprint density at radius 3 is 2.71 bits per heavy atom. The molecule has 0 bridgehead atoms. The Bertz CT molecular complexity index is 408. The van der Waals surface area contributed by atoms with Crippen molar-refractivity contribution in [3.8, 4) is 0 Å². The fourth-order valence-corrected chi connectivity index (χ4v) is 1.82. The molecule has 0 aliphatic carbocycles. The number of rotatable bonds is 9. The highest BCUT2D eigenvalue weighted by Crippen LogP contribution is 2.14. The summed E-state index contributed by atoms with van der Waals surface area (Å²) < 4.78 is 42.2. The maximum absolute atomic E-state index is 12.0. The summed E-state index contributed by atoms with van der Waals surface area (Å²) in [6, 6.07) is -0.214. The lowest BCUT2D eigenvalue weighted by molar-refractivity contribution is -0.174. The Morgan fingerprint density at radius 1 is 1.43 bits per heavy atom. The number of alkyl halides is 3. The minimum absolute atomic E-state index is 0.0211. The predicted octanol–water partition coefficient (Wildman–Crippen LogP) is 1.28. The largest absolute Gasteiger partial charge is 0.411 e. The molecule has 9 heteroatoms. The minimum Gasteiger partial charge on any atom is -0.372 e. The van der Waals surface area contributed by atoms with Crippen molar-refractivity contribution >= 4 is 0 Å². The average Bonchev–Trinajstić information content (AvgIpc) is 2.78. The van der Waals surface area contributed by atoms with Gasteiger partial charge in [0.25, 0.3) is 0 Å². The van der Waals surface area contributed by atoms with E-state index in [1.54, 1.807) is 4.68 Å². The number of aromatic nitrogens is 3. The fourth-order valence-electron chi connectivity index (χ4n) is 1.82. The second kappa shape index (κ2) is 8.30. The molecular weight excluding hydrogens is 287 g/mol. The van der Waals surface area contributed by atoms with E-state index in [0.29, 0.717) is 18.8 Å². The molecule has 0 fully saturated rings. The summed E-state index contributed by atoms with van der Waals surface area (Å²) in [5, 5.41) is 4.13. The van der Waals surface area contributed by atoms with E-state index in [1.165, 1.54) is 6.33 Å². The van der Waals surface area contributed by atoms with Gasteiger partial charge in [0.1, 0.15) is 18.8 Å². The van der Waals surface area contributed by atoms with Gasteiger partial charge in [0.05, 0.1) is 0 Å². The van der Waals surface area contributed by atoms with Crippen molar-refractivity contribution < 1.29 is 17.9 Å². The molecule has 122 valence electrons. The van der Waals surface area contributed by atoms with Crippen LogP contribution in [0.2, 0.25) is 0 Å². The normalized spacial score (nSPS) is 13.9. The molecule has 0 saturated carbocycles. The van der Waals surface area contributed by atoms with E-state index in [2.05, 4.69) is 34.1 Å². The van der Waals surface area contributed by atoms with E-state index in [1.807, 2.05) is 0 Å². The van der Waals surface area contributed by atoms with Gasteiger partial charge in [-0.3, -0.25) is 11.3 Å². The van der Waals surface area contributed by atoms with Crippen molar-refractivity contribution in [1.29, 1.82) is 0 Å². The minimum atomic E-state index is -4.30. The number of hydrogen-bond acceptors (Lipinski definition) is 5. The summed E-state index contributed by atoms with van der Waals surface area (Å²) >= 11 is 0.